The first kappa shape index (κ1) is 28.2. The lowest BCUT2D eigenvalue weighted by atomic mass is 10.0. The van der Waals surface area contributed by atoms with Crippen molar-refractivity contribution in [2.75, 3.05) is 6.61 Å². The van der Waals surface area contributed by atoms with Crippen molar-refractivity contribution in [1.29, 1.82) is 0 Å². The Morgan fingerprint density at radius 3 is 1.97 bits per heavy atom. The van der Waals surface area contributed by atoms with E-state index >= 15 is 0 Å². The lowest BCUT2D eigenvalue weighted by molar-refractivity contribution is 0.212. The molecule has 1 aromatic heterocycles. The predicted octanol–water partition coefficient (Wildman–Crippen LogP) is 8.85. The fourth-order valence-corrected chi connectivity index (χ4v) is 4.05. The molecule has 34 heavy (non-hydrogen) atoms. The summed E-state index contributed by atoms with van der Waals surface area (Å²) in [6.07, 6.45) is 14.7. The molecule has 0 amide bonds. The zero-order valence-corrected chi connectivity index (χ0v) is 21.3. The van der Waals surface area contributed by atoms with Crippen LogP contribution < -0.4 is 4.74 Å². The van der Waals surface area contributed by atoms with E-state index in [9.17, 15) is 8.78 Å². The van der Waals surface area contributed by atoms with E-state index in [-0.39, 0.29) is 6.61 Å². The fraction of sp³-hybridized carbons (Fsp3) is 0.655. The van der Waals surface area contributed by atoms with Gasteiger partial charge in [0.25, 0.3) is 0 Å². The molecule has 0 aliphatic heterocycles. The molecule has 2 rings (SSSR count). The monoisotopic (exact) mass is 474 g/mol. The van der Waals surface area contributed by atoms with Crippen molar-refractivity contribution in [3.63, 3.8) is 0 Å². The average Bonchev–Trinajstić information content (AvgIpc) is 2.86. The van der Waals surface area contributed by atoms with E-state index in [0.717, 1.165) is 24.8 Å². The third-order valence-electron chi connectivity index (χ3n) is 6.26. The smallest absolute Gasteiger partial charge is 0.159 e. The summed E-state index contributed by atoms with van der Waals surface area (Å²) in [6, 6.07) is 8.46. The Labute approximate surface area is 205 Å². The molecule has 0 saturated carbocycles. The average molecular weight is 475 g/mol. The lowest BCUT2D eigenvalue weighted by Gasteiger charge is -2.11. The molecule has 2 atom stereocenters. The van der Waals surface area contributed by atoms with Crippen molar-refractivity contribution in [3.8, 4) is 17.1 Å². The molecule has 0 aliphatic rings. The van der Waals surface area contributed by atoms with Gasteiger partial charge in [-0.15, -0.1) is 0 Å². The Balaban J connectivity index is 1.64. The van der Waals surface area contributed by atoms with Gasteiger partial charge in [-0.05, 0) is 44.1 Å². The topological polar surface area (TPSA) is 35.0 Å². The van der Waals surface area contributed by atoms with Crippen molar-refractivity contribution in [2.45, 2.75) is 116 Å². The van der Waals surface area contributed by atoms with Gasteiger partial charge in [0.05, 0.1) is 19.0 Å². The summed E-state index contributed by atoms with van der Waals surface area (Å²) in [4.78, 5) is 8.80. The van der Waals surface area contributed by atoms with Crippen molar-refractivity contribution >= 4 is 0 Å². The second kappa shape index (κ2) is 17.4. The number of hydrogen-bond acceptors (Lipinski definition) is 3. The van der Waals surface area contributed by atoms with Gasteiger partial charge in [-0.2, -0.15) is 0 Å². The summed E-state index contributed by atoms with van der Waals surface area (Å²) >= 11 is 0. The minimum absolute atomic E-state index is 0.270. The highest BCUT2D eigenvalue weighted by atomic mass is 19.1. The zero-order valence-electron chi connectivity index (χ0n) is 21.3. The van der Waals surface area contributed by atoms with Crippen molar-refractivity contribution in [3.05, 3.63) is 42.2 Å². The first-order valence-corrected chi connectivity index (χ1v) is 13.4. The first-order chi connectivity index (χ1) is 16.6. The summed E-state index contributed by atoms with van der Waals surface area (Å²) in [7, 11) is 0. The van der Waals surface area contributed by atoms with Crippen LogP contribution in [0.3, 0.4) is 0 Å². The molecule has 1 heterocycles. The van der Waals surface area contributed by atoms with Crippen LogP contribution in [0.1, 0.15) is 103 Å². The van der Waals surface area contributed by atoms with Gasteiger partial charge in [-0.25, -0.2) is 18.7 Å². The quantitative estimate of drug-likeness (QED) is 0.191. The molecule has 0 fully saturated rings. The molecule has 0 aliphatic carbocycles. The van der Waals surface area contributed by atoms with Gasteiger partial charge in [0.15, 0.2) is 11.6 Å². The first-order valence-electron chi connectivity index (χ1n) is 13.4. The maximum atomic E-state index is 14.0. The van der Waals surface area contributed by atoms with Gasteiger partial charge in [0, 0.05) is 12.0 Å². The normalized spacial score (nSPS) is 13.1. The van der Waals surface area contributed by atoms with E-state index in [4.69, 9.17) is 4.74 Å². The fourth-order valence-electron chi connectivity index (χ4n) is 4.05. The number of halogens is 2. The molecular formula is C29H44F2N2O. The summed E-state index contributed by atoms with van der Waals surface area (Å²) in [6.45, 7) is 4.57. The number of unbranched alkanes of at least 4 members (excludes halogenated alkanes) is 6. The number of benzene rings is 1. The molecule has 0 N–H and O–H groups in total. The Hall–Kier alpha value is -2.04. The summed E-state index contributed by atoms with van der Waals surface area (Å²) in [5.41, 5.74) is 2.33. The zero-order chi connectivity index (χ0) is 24.4. The molecule has 1 aromatic carbocycles. The molecule has 0 spiro atoms. The van der Waals surface area contributed by atoms with Crippen LogP contribution in [0.2, 0.25) is 0 Å². The van der Waals surface area contributed by atoms with E-state index in [1.807, 2.05) is 0 Å². The minimum atomic E-state index is -0.964. The molecular weight excluding hydrogens is 430 g/mol. The number of aromatic nitrogens is 2. The van der Waals surface area contributed by atoms with Gasteiger partial charge in [-0.1, -0.05) is 83.1 Å². The molecule has 190 valence electrons. The molecule has 0 radical (unpaired) electrons. The molecule has 2 unspecified atom stereocenters. The molecule has 0 bridgehead atoms. The Kier molecular flexibility index (Phi) is 14.4. The van der Waals surface area contributed by atoms with E-state index < -0.39 is 12.3 Å². The van der Waals surface area contributed by atoms with Gasteiger partial charge >= 0.3 is 0 Å². The van der Waals surface area contributed by atoms with Gasteiger partial charge in [0.2, 0.25) is 0 Å². The molecule has 3 nitrogen and oxygen atoms in total. The largest absolute Gasteiger partial charge is 0.490 e. The highest BCUT2D eigenvalue weighted by molar-refractivity contribution is 5.55. The number of aryl methyl sites for hydroxylation is 1. The van der Waals surface area contributed by atoms with E-state index in [1.165, 1.54) is 44.1 Å². The van der Waals surface area contributed by atoms with Crippen LogP contribution in [0.25, 0.3) is 11.4 Å². The Morgan fingerprint density at radius 2 is 1.29 bits per heavy atom. The van der Waals surface area contributed by atoms with Gasteiger partial charge in [0.1, 0.15) is 12.3 Å². The number of rotatable bonds is 19. The van der Waals surface area contributed by atoms with E-state index in [1.54, 1.807) is 12.4 Å². The predicted molar refractivity (Wildman–Crippen MR) is 138 cm³/mol. The second-order valence-corrected chi connectivity index (χ2v) is 9.36. The lowest BCUT2D eigenvalue weighted by Crippen LogP contribution is -2.09. The van der Waals surface area contributed by atoms with Crippen molar-refractivity contribution in [2.24, 2.45) is 0 Å². The number of alkyl halides is 2. The second-order valence-electron chi connectivity index (χ2n) is 9.36. The maximum absolute atomic E-state index is 14.0. The Bertz CT molecular complexity index is 752. The van der Waals surface area contributed by atoms with Crippen LogP contribution in [-0.4, -0.2) is 28.9 Å². The summed E-state index contributed by atoms with van der Waals surface area (Å²) in [5.74, 6) is 1.20. The van der Waals surface area contributed by atoms with Crippen LogP contribution >= 0.6 is 0 Å². The third-order valence-corrected chi connectivity index (χ3v) is 6.26. The number of ether oxygens (including phenoxy) is 1. The highest BCUT2D eigenvalue weighted by Gasteiger charge is 2.11. The van der Waals surface area contributed by atoms with Crippen LogP contribution in [0.15, 0.2) is 36.7 Å². The van der Waals surface area contributed by atoms with Gasteiger partial charge < -0.3 is 4.74 Å². The SMILES string of the molecule is CCCCCCCCc1ccc(-c2ncc(OCCC(F)CCCC(F)CCCC)cn2)cc1. The Morgan fingerprint density at radius 1 is 0.706 bits per heavy atom. The van der Waals surface area contributed by atoms with Crippen LogP contribution in [-0.2, 0) is 6.42 Å². The van der Waals surface area contributed by atoms with Crippen LogP contribution in [0.5, 0.6) is 5.75 Å². The highest BCUT2D eigenvalue weighted by Crippen LogP contribution is 2.20. The molecule has 0 saturated heterocycles. The minimum Gasteiger partial charge on any atom is -0.490 e. The number of nitrogens with zero attached hydrogens (tertiary/aromatic N) is 2. The molecule has 2 aromatic rings. The maximum Gasteiger partial charge on any atom is 0.159 e. The van der Waals surface area contributed by atoms with Crippen molar-refractivity contribution in [1.82, 2.24) is 9.97 Å². The van der Waals surface area contributed by atoms with Gasteiger partial charge in [-0.3, -0.25) is 0 Å². The number of hydrogen-bond donors (Lipinski definition) is 0. The molecule has 5 heteroatoms. The van der Waals surface area contributed by atoms with Crippen LogP contribution in [0.4, 0.5) is 8.78 Å². The van der Waals surface area contributed by atoms with Crippen molar-refractivity contribution < 1.29 is 13.5 Å². The summed E-state index contributed by atoms with van der Waals surface area (Å²) in [5, 5.41) is 0. The van der Waals surface area contributed by atoms with E-state index in [2.05, 4.69) is 48.1 Å². The third kappa shape index (κ3) is 11.9. The standard InChI is InChI=1S/C29H44F2N2O/c1-3-5-7-8-9-10-12-24-16-18-25(19-17-24)29-32-22-28(23-33-29)34-21-20-27(31)15-11-14-26(30)13-6-4-2/h16-19,22-23,26-27H,3-15,20-21H2,1-2H3. The van der Waals surface area contributed by atoms with Crippen LogP contribution in [0, 0.1) is 0 Å². The van der Waals surface area contributed by atoms with E-state index in [0.29, 0.717) is 43.7 Å². The summed E-state index contributed by atoms with van der Waals surface area (Å²) < 4.78 is 33.3.